The van der Waals surface area contributed by atoms with Crippen molar-refractivity contribution in [2.24, 2.45) is 0 Å². The SMILES string of the molecule is Cc1cccc(N2CCN(C(=O)NCC(C)(C)N3CCCCC3)CC2)c1. The van der Waals surface area contributed by atoms with Gasteiger partial charge < -0.3 is 15.1 Å². The van der Waals surface area contributed by atoms with E-state index in [1.54, 1.807) is 0 Å². The van der Waals surface area contributed by atoms with Crippen LogP contribution in [-0.2, 0) is 0 Å². The summed E-state index contributed by atoms with van der Waals surface area (Å²) >= 11 is 0. The molecule has 26 heavy (non-hydrogen) atoms. The fourth-order valence-electron chi connectivity index (χ4n) is 4.01. The lowest BCUT2D eigenvalue weighted by Crippen LogP contribution is -2.57. The molecular formula is C21H34N4O. The molecule has 2 fully saturated rings. The lowest BCUT2D eigenvalue weighted by molar-refractivity contribution is 0.0937. The number of carbonyl (C=O) groups is 1. The van der Waals surface area contributed by atoms with Crippen molar-refractivity contribution in [3.05, 3.63) is 29.8 Å². The maximum absolute atomic E-state index is 12.6. The van der Waals surface area contributed by atoms with Gasteiger partial charge in [0.1, 0.15) is 0 Å². The molecule has 0 radical (unpaired) electrons. The van der Waals surface area contributed by atoms with E-state index >= 15 is 0 Å². The zero-order valence-corrected chi connectivity index (χ0v) is 16.6. The molecule has 2 aliphatic rings. The monoisotopic (exact) mass is 358 g/mol. The fraction of sp³-hybridized carbons (Fsp3) is 0.667. The molecule has 144 valence electrons. The van der Waals surface area contributed by atoms with Crippen LogP contribution in [-0.4, -0.2) is 67.2 Å². The highest BCUT2D eigenvalue weighted by atomic mass is 16.2. The normalized spacial score (nSPS) is 19.5. The topological polar surface area (TPSA) is 38.8 Å². The minimum absolute atomic E-state index is 0.0272. The van der Waals surface area contributed by atoms with E-state index in [0.717, 1.165) is 39.3 Å². The number of benzene rings is 1. The van der Waals surface area contributed by atoms with Crippen molar-refractivity contribution in [3.63, 3.8) is 0 Å². The molecule has 3 rings (SSSR count). The van der Waals surface area contributed by atoms with Gasteiger partial charge in [-0.05, 0) is 64.4 Å². The Morgan fingerprint density at radius 2 is 1.73 bits per heavy atom. The van der Waals surface area contributed by atoms with Gasteiger partial charge in [0.15, 0.2) is 0 Å². The second-order valence-corrected chi connectivity index (χ2v) is 8.33. The Balaban J connectivity index is 1.46. The van der Waals surface area contributed by atoms with Crippen LogP contribution < -0.4 is 10.2 Å². The first kappa shape index (κ1) is 19.0. The van der Waals surface area contributed by atoms with Gasteiger partial charge in [0.2, 0.25) is 0 Å². The second-order valence-electron chi connectivity index (χ2n) is 8.33. The molecule has 5 heteroatoms. The smallest absolute Gasteiger partial charge is 0.317 e. The third kappa shape index (κ3) is 4.70. The van der Waals surface area contributed by atoms with Crippen LogP contribution in [0.25, 0.3) is 0 Å². The summed E-state index contributed by atoms with van der Waals surface area (Å²) in [6.45, 7) is 13.0. The highest BCUT2D eigenvalue weighted by Crippen LogP contribution is 2.20. The van der Waals surface area contributed by atoms with Crippen LogP contribution in [0.4, 0.5) is 10.5 Å². The van der Waals surface area contributed by atoms with E-state index in [2.05, 4.69) is 60.2 Å². The first-order chi connectivity index (χ1) is 12.5. The molecule has 1 aromatic rings. The van der Waals surface area contributed by atoms with E-state index in [1.165, 1.54) is 30.5 Å². The van der Waals surface area contributed by atoms with Gasteiger partial charge in [-0.25, -0.2) is 4.79 Å². The maximum Gasteiger partial charge on any atom is 0.317 e. The standard InChI is InChI=1S/C21H34N4O/c1-18-8-7-9-19(16-18)23-12-14-24(15-13-23)20(26)22-17-21(2,3)25-10-5-4-6-11-25/h7-9,16H,4-6,10-15,17H2,1-3H3,(H,22,26). The van der Waals surface area contributed by atoms with Crippen LogP contribution in [0, 0.1) is 6.92 Å². The minimum Gasteiger partial charge on any atom is -0.368 e. The van der Waals surface area contributed by atoms with E-state index < -0.39 is 0 Å². The molecule has 0 unspecified atom stereocenters. The molecule has 1 N–H and O–H groups in total. The van der Waals surface area contributed by atoms with Gasteiger partial charge >= 0.3 is 6.03 Å². The Morgan fingerprint density at radius 3 is 2.38 bits per heavy atom. The summed E-state index contributed by atoms with van der Waals surface area (Å²) in [5, 5.41) is 3.18. The molecule has 0 spiro atoms. The lowest BCUT2D eigenvalue weighted by atomic mass is 9.98. The Bertz CT molecular complexity index is 602. The number of rotatable bonds is 4. The number of piperazine rings is 1. The maximum atomic E-state index is 12.6. The molecule has 1 aromatic carbocycles. The van der Waals surface area contributed by atoms with Gasteiger partial charge in [0, 0.05) is 44.0 Å². The Kier molecular flexibility index (Phi) is 6.07. The highest BCUT2D eigenvalue weighted by Gasteiger charge is 2.29. The van der Waals surface area contributed by atoms with Crippen molar-refractivity contribution in [2.75, 3.05) is 50.7 Å². The van der Waals surface area contributed by atoms with Crippen LogP contribution >= 0.6 is 0 Å². The summed E-state index contributed by atoms with van der Waals surface area (Å²) in [6.07, 6.45) is 3.89. The summed E-state index contributed by atoms with van der Waals surface area (Å²) in [7, 11) is 0. The number of nitrogens with zero attached hydrogens (tertiary/aromatic N) is 3. The third-order valence-corrected chi connectivity index (χ3v) is 5.82. The molecule has 2 aliphatic heterocycles. The van der Waals surface area contributed by atoms with Crippen molar-refractivity contribution < 1.29 is 4.79 Å². The van der Waals surface area contributed by atoms with E-state index in [9.17, 15) is 4.79 Å². The number of anilines is 1. The molecule has 2 heterocycles. The molecule has 0 saturated carbocycles. The first-order valence-corrected chi connectivity index (χ1v) is 10.1. The molecule has 5 nitrogen and oxygen atoms in total. The summed E-state index contributed by atoms with van der Waals surface area (Å²) < 4.78 is 0. The molecule has 0 atom stereocenters. The van der Waals surface area contributed by atoms with Crippen molar-refractivity contribution in [1.29, 1.82) is 0 Å². The summed E-state index contributed by atoms with van der Waals surface area (Å²) in [4.78, 5) is 19.4. The number of piperidine rings is 1. The highest BCUT2D eigenvalue weighted by molar-refractivity contribution is 5.74. The zero-order chi connectivity index (χ0) is 18.6. The summed E-state index contributed by atoms with van der Waals surface area (Å²) in [6, 6.07) is 8.68. The largest absolute Gasteiger partial charge is 0.368 e. The van der Waals surface area contributed by atoms with Crippen molar-refractivity contribution in [3.8, 4) is 0 Å². The number of urea groups is 1. The predicted octanol–water partition coefficient (Wildman–Crippen LogP) is 3.09. The van der Waals surface area contributed by atoms with E-state index in [-0.39, 0.29) is 11.6 Å². The van der Waals surface area contributed by atoms with Gasteiger partial charge in [-0.15, -0.1) is 0 Å². The van der Waals surface area contributed by atoms with Gasteiger partial charge in [-0.3, -0.25) is 4.90 Å². The predicted molar refractivity (Wildman–Crippen MR) is 108 cm³/mol. The van der Waals surface area contributed by atoms with Gasteiger partial charge in [0.05, 0.1) is 0 Å². The van der Waals surface area contributed by atoms with Crippen LogP contribution in [0.2, 0.25) is 0 Å². The summed E-state index contributed by atoms with van der Waals surface area (Å²) in [5.74, 6) is 0. The van der Waals surface area contributed by atoms with Crippen LogP contribution in [0.15, 0.2) is 24.3 Å². The van der Waals surface area contributed by atoms with E-state index in [4.69, 9.17) is 0 Å². The van der Waals surface area contributed by atoms with E-state index in [0.29, 0.717) is 6.54 Å². The molecule has 0 aliphatic carbocycles. The Morgan fingerprint density at radius 1 is 1.04 bits per heavy atom. The zero-order valence-electron chi connectivity index (χ0n) is 16.6. The quantitative estimate of drug-likeness (QED) is 0.899. The minimum atomic E-state index is 0.0272. The van der Waals surface area contributed by atoms with Crippen LogP contribution in [0.5, 0.6) is 0 Å². The average Bonchev–Trinajstić information content (AvgIpc) is 2.67. The molecule has 0 aromatic heterocycles. The number of carbonyl (C=O) groups excluding carboxylic acids is 1. The molecule has 2 amide bonds. The fourth-order valence-corrected chi connectivity index (χ4v) is 4.01. The van der Waals surface area contributed by atoms with Gasteiger partial charge in [-0.2, -0.15) is 0 Å². The number of likely N-dealkylation sites (tertiary alicyclic amines) is 1. The average molecular weight is 359 g/mol. The third-order valence-electron chi connectivity index (χ3n) is 5.82. The Labute approximate surface area is 158 Å². The first-order valence-electron chi connectivity index (χ1n) is 10.1. The van der Waals surface area contributed by atoms with Gasteiger partial charge in [0.25, 0.3) is 0 Å². The van der Waals surface area contributed by atoms with Crippen LogP contribution in [0.3, 0.4) is 0 Å². The molecule has 2 saturated heterocycles. The molecule has 0 bridgehead atoms. The number of hydrogen-bond donors (Lipinski definition) is 1. The lowest BCUT2D eigenvalue weighted by Gasteiger charge is -2.42. The second kappa shape index (κ2) is 8.30. The van der Waals surface area contributed by atoms with Crippen molar-refractivity contribution in [1.82, 2.24) is 15.1 Å². The van der Waals surface area contributed by atoms with Crippen molar-refractivity contribution >= 4 is 11.7 Å². The Hall–Kier alpha value is -1.75. The number of nitrogens with one attached hydrogen (secondary N) is 1. The summed E-state index contributed by atoms with van der Waals surface area (Å²) in [5.41, 5.74) is 2.57. The number of amides is 2. The van der Waals surface area contributed by atoms with Crippen LogP contribution in [0.1, 0.15) is 38.7 Å². The van der Waals surface area contributed by atoms with Crippen molar-refractivity contribution in [2.45, 2.75) is 45.6 Å². The number of aryl methyl sites for hydroxylation is 1. The number of hydrogen-bond acceptors (Lipinski definition) is 3. The van der Waals surface area contributed by atoms with Gasteiger partial charge in [-0.1, -0.05) is 18.6 Å². The van der Waals surface area contributed by atoms with E-state index in [1.807, 2.05) is 4.90 Å². The molecular weight excluding hydrogens is 324 g/mol.